The van der Waals surface area contributed by atoms with Gasteiger partial charge in [-0.2, -0.15) is 0 Å². The Labute approximate surface area is 223 Å². The summed E-state index contributed by atoms with van der Waals surface area (Å²) in [6.45, 7) is 6.17. The molecular weight excluding hydrogens is 480 g/mol. The fraction of sp³-hybridized carbons (Fsp3) is 0.310. The SMILES string of the molecule is CN1CC=C(c2cc(C(=S)Nc3cc4cc(/C(C=N)=C\CN5CCOCC5)ccc4cn3)ccn2)CC1. The number of nitrogens with one attached hydrogen (secondary N) is 2. The van der Waals surface area contributed by atoms with Crippen molar-refractivity contribution < 1.29 is 4.74 Å². The number of hydrogen-bond donors (Lipinski definition) is 2. The van der Waals surface area contributed by atoms with Crippen molar-refractivity contribution in [1.29, 1.82) is 5.41 Å². The molecule has 1 fully saturated rings. The molecule has 7 nitrogen and oxygen atoms in total. The van der Waals surface area contributed by atoms with Gasteiger partial charge in [0.05, 0.1) is 18.9 Å². The van der Waals surface area contributed by atoms with Crippen LogP contribution in [0.5, 0.6) is 0 Å². The Bertz CT molecular complexity index is 1360. The van der Waals surface area contributed by atoms with Gasteiger partial charge in [-0.15, -0.1) is 0 Å². The molecule has 37 heavy (non-hydrogen) atoms. The molecule has 3 aromatic rings. The second-order valence-corrected chi connectivity index (χ2v) is 9.88. The number of morpholine rings is 1. The Hall–Kier alpha value is -3.30. The van der Waals surface area contributed by atoms with Gasteiger partial charge in [0.15, 0.2) is 0 Å². The van der Waals surface area contributed by atoms with Crippen LogP contribution in [0.15, 0.2) is 60.9 Å². The van der Waals surface area contributed by atoms with Crippen molar-refractivity contribution in [2.24, 2.45) is 0 Å². The molecule has 0 aliphatic carbocycles. The van der Waals surface area contributed by atoms with Crippen LogP contribution in [0.3, 0.4) is 0 Å². The zero-order valence-electron chi connectivity index (χ0n) is 21.1. The molecule has 0 radical (unpaired) electrons. The minimum Gasteiger partial charge on any atom is -0.379 e. The number of benzene rings is 1. The summed E-state index contributed by atoms with van der Waals surface area (Å²) in [5, 5.41) is 13.4. The molecule has 2 aliphatic rings. The topological polar surface area (TPSA) is 77.4 Å². The summed E-state index contributed by atoms with van der Waals surface area (Å²) in [5.74, 6) is 0.695. The van der Waals surface area contributed by atoms with Gasteiger partial charge in [-0.1, -0.05) is 36.5 Å². The molecule has 1 aromatic carbocycles. The number of rotatable bonds is 7. The van der Waals surface area contributed by atoms with E-state index >= 15 is 0 Å². The molecule has 2 N–H and O–H groups in total. The number of fused-ring (bicyclic) bond motifs is 1. The largest absolute Gasteiger partial charge is 0.379 e. The van der Waals surface area contributed by atoms with E-state index < -0.39 is 0 Å². The number of ether oxygens (including phenoxy) is 1. The minimum absolute atomic E-state index is 0.616. The second-order valence-electron chi connectivity index (χ2n) is 9.47. The molecule has 0 amide bonds. The number of thiocarbonyl (C=S) groups is 1. The van der Waals surface area contributed by atoms with Gasteiger partial charge in [0, 0.05) is 62.3 Å². The number of hydrogen-bond acceptors (Lipinski definition) is 7. The predicted octanol–water partition coefficient (Wildman–Crippen LogP) is 4.50. The molecule has 2 aliphatic heterocycles. The van der Waals surface area contributed by atoms with Gasteiger partial charge in [-0.25, -0.2) is 4.98 Å². The maximum Gasteiger partial charge on any atom is 0.131 e. The standard InChI is InChI=1S/C29H32N6OS/c1-34-9-5-21(6-10-34)27-17-23(4-8-31-27)29(37)33-28-18-26-16-22(2-3-25(26)20-32-28)24(19-30)7-11-35-12-14-36-15-13-35/h2-5,7-8,16-20,30H,6,9-15H2,1H3,(H,32,33,37)/b24-7-,30-19?. The average molecular weight is 513 g/mol. The molecular formula is C29H32N6OS. The number of anilines is 1. The van der Waals surface area contributed by atoms with E-state index in [4.69, 9.17) is 22.4 Å². The fourth-order valence-electron chi connectivity index (χ4n) is 4.60. The van der Waals surface area contributed by atoms with Gasteiger partial charge in [0.25, 0.3) is 0 Å². The zero-order chi connectivity index (χ0) is 25.6. The lowest BCUT2D eigenvalue weighted by atomic mass is 10.0. The number of aromatic nitrogens is 2. The third-order valence-electron chi connectivity index (χ3n) is 6.89. The Kier molecular flexibility index (Phi) is 8.11. The molecule has 0 atom stereocenters. The van der Waals surface area contributed by atoms with Crippen molar-refractivity contribution in [3.8, 4) is 0 Å². The van der Waals surface area contributed by atoms with Crippen molar-refractivity contribution in [3.05, 3.63) is 77.8 Å². The molecule has 190 valence electrons. The van der Waals surface area contributed by atoms with Gasteiger partial charge in [-0.05, 0) is 59.8 Å². The highest BCUT2D eigenvalue weighted by Crippen LogP contribution is 2.24. The first-order chi connectivity index (χ1) is 18.1. The Morgan fingerprint density at radius 3 is 2.73 bits per heavy atom. The third-order valence-corrected chi connectivity index (χ3v) is 7.23. The third kappa shape index (κ3) is 6.34. The van der Waals surface area contributed by atoms with Gasteiger partial charge < -0.3 is 20.4 Å². The molecule has 1 saturated heterocycles. The van der Waals surface area contributed by atoms with E-state index in [1.165, 1.54) is 11.8 Å². The van der Waals surface area contributed by atoms with E-state index in [0.717, 1.165) is 85.5 Å². The van der Waals surface area contributed by atoms with Gasteiger partial charge in [0.1, 0.15) is 10.8 Å². The van der Waals surface area contributed by atoms with Crippen molar-refractivity contribution in [1.82, 2.24) is 19.8 Å². The molecule has 5 rings (SSSR count). The summed E-state index contributed by atoms with van der Waals surface area (Å²) in [5.41, 5.74) is 5.09. The molecule has 0 unspecified atom stereocenters. The van der Waals surface area contributed by atoms with Crippen LogP contribution in [-0.4, -0.2) is 84.0 Å². The van der Waals surface area contributed by atoms with Crippen LogP contribution >= 0.6 is 12.2 Å². The molecule has 4 heterocycles. The van der Waals surface area contributed by atoms with E-state index in [-0.39, 0.29) is 0 Å². The van der Waals surface area contributed by atoms with Crippen LogP contribution < -0.4 is 5.32 Å². The zero-order valence-corrected chi connectivity index (χ0v) is 21.9. The van der Waals surface area contributed by atoms with E-state index in [1.54, 1.807) is 0 Å². The van der Waals surface area contributed by atoms with E-state index in [9.17, 15) is 0 Å². The Morgan fingerprint density at radius 2 is 1.95 bits per heavy atom. The number of pyridine rings is 2. The summed E-state index contributed by atoms with van der Waals surface area (Å²) >= 11 is 5.73. The van der Waals surface area contributed by atoms with E-state index in [2.05, 4.69) is 62.5 Å². The molecule has 8 heteroatoms. The lowest BCUT2D eigenvalue weighted by Crippen LogP contribution is -2.36. The van der Waals surface area contributed by atoms with Crippen LogP contribution in [0.2, 0.25) is 0 Å². The first-order valence-corrected chi connectivity index (χ1v) is 13.1. The minimum atomic E-state index is 0.616. The molecule has 0 bridgehead atoms. The van der Waals surface area contributed by atoms with Crippen LogP contribution in [0.1, 0.15) is 23.2 Å². The smallest absolute Gasteiger partial charge is 0.131 e. The van der Waals surface area contributed by atoms with Gasteiger partial charge in [-0.3, -0.25) is 9.88 Å². The summed E-state index contributed by atoms with van der Waals surface area (Å²) < 4.78 is 5.43. The average Bonchev–Trinajstić information content (AvgIpc) is 2.94. The van der Waals surface area contributed by atoms with Crippen LogP contribution in [0.4, 0.5) is 5.82 Å². The summed E-state index contributed by atoms with van der Waals surface area (Å²) in [4.78, 5) is 14.4. The lowest BCUT2D eigenvalue weighted by molar-refractivity contribution is 0.0435. The monoisotopic (exact) mass is 512 g/mol. The Morgan fingerprint density at radius 1 is 1.08 bits per heavy atom. The van der Waals surface area contributed by atoms with Crippen molar-refractivity contribution in [3.63, 3.8) is 0 Å². The second kappa shape index (κ2) is 11.8. The maximum atomic E-state index is 7.96. The van der Waals surface area contributed by atoms with Crippen LogP contribution in [-0.2, 0) is 4.74 Å². The molecule has 0 spiro atoms. The highest BCUT2D eigenvalue weighted by Gasteiger charge is 2.13. The lowest BCUT2D eigenvalue weighted by Gasteiger charge is -2.25. The number of nitrogens with zero attached hydrogens (tertiary/aromatic N) is 4. The molecule has 2 aromatic heterocycles. The highest BCUT2D eigenvalue weighted by atomic mass is 32.1. The Balaban J connectivity index is 1.32. The van der Waals surface area contributed by atoms with Gasteiger partial charge in [0.2, 0.25) is 0 Å². The summed E-state index contributed by atoms with van der Waals surface area (Å²) in [6.07, 6.45) is 10.5. The first-order valence-electron chi connectivity index (χ1n) is 12.7. The van der Waals surface area contributed by atoms with Crippen molar-refractivity contribution in [2.45, 2.75) is 6.42 Å². The first kappa shape index (κ1) is 25.4. The normalized spacial score (nSPS) is 17.4. The predicted molar refractivity (Wildman–Crippen MR) is 155 cm³/mol. The molecule has 0 saturated carbocycles. The summed E-state index contributed by atoms with van der Waals surface area (Å²) in [7, 11) is 2.13. The summed E-state index contributed by atoms with van der Waals surface area (Å²) in [6, 6.07) is 12.2. The maximum absolute atomic E-state index is 7.96. The highest BCUT2D eigenvalue weighted by molar-refractivity contribution is 7.81. The quantitative estimate of drug-likeness (QED) is 0.357. The number of allylic oxidation sites excluding steroid dienone is 1. The van der Waals surface area contributed by atoms with E-state index in [0.29, 0.717) is 10.8 Å². The number of likely N-dealkylation sites (N-methyl/N-ethyl adjacent to an activating group) is 1. The van der Waals surface area contributed by atoms with Gasteiger partial charge >= 0.3 is 0 Å². The van der Waals surface area contributed by atoms with Crippen LogP contribution in [0.25, 0.3) is 21.9 Å². The van der Waals surface area contributed by atoms with Crippen molar-refractivity contribution in [2.75, 3.05) is 58.3 Å². The van der Waals surface area contributed by atoms with Crippen molar-refractivity contribution >= 4 is 51.2 Å². The van der Waals surface area contributed by atoms with Crippen LogP contribution in [0, 0.1) is 5.41 Å². The van der Waals surface area contributed by atoms with E-state index in [1.807, 2.05) is 30.6 Å². The fourth-order valence-corrected chi connectivity index (χ4v) is 4.83.